The van der Waals surface area contributed by atoms with Crippen molar-refractivity contribution in [2.45, 2.75) is 0 Å². The van der Waals surface area contributed by atoms with Gasteiger partial charge in [-0.2, -0.15) is 0 Å². The normalized spacial score (nSPS) is 12.3. The quantitative estimate of drug-likeness (QED) is 0.177. The highest BCUT2D eigenvalue weighted by Gasteiger charge is 2.25. The lowest BCUT2D eigenvalue weighted by atomic mass is 10.0. The number of para-hydroxylation sites is 4. The maximum atomic E-state index is 6.29. The summed E-state index contributed by atoms with van der Waals surface area (Å²) in [6.07, 6.45) is 0. The fourth-order valence-corrected chi connectivity index (χ4v) is 10.0. The van der Waals surface area contributed by atoms with Crippen molar-refractivity contribution in [1.29, 1.82) is 0 Å². The van der Waals surface area contributed by atoms with Crippen molar-refractivity contribution in [1.82, 2.24) is 0 Å². The molecule has 0 saturated heterocycles. The molecule has 1 aliphatic rings. The van der Waals surface area contributed by atoms with Crippen LogP contribution >= 0.6 is 22.7 Å². The molecular weight excluding hydrogens is 685 g/mol. The number of hydrogen-bond donors (Lipinski definition) is 0. The van der Waals surface area contributed by atoms with Crippen molar-refractivity contribution in [2.75, 3.05) is 9.80 Å². The molecule has 0 bridgehead atoms. The SMILES string of the molecule is c1cc(-c2ccc(N(c3ccc4c(c3)sc3ccccc34)c3ccc4c(c3)sc3ccccc34)cc2)cc(N2c3ccccc3Oc3ccccc32)c1. The topological polar surface area (TPSA) is 15.7 Å². The fourth-order valence-electron chi connectivity index (χ4n) is 7.76. The van der Waals surface area contributed by atoms with E-state index in [1.165, 1.54) is 40.3 Å². The Kier molecular flexibility index (Phi) is 6.90. The van der Waals surface area contributed by atoms with Gasteiger partial charge in [-0.3, -0.25) is 0 Å². The molecule has 0 N–H and O–H groups in total. The van der Waals surface area contributed by atoms with Gasteiger partial charge in [0.2, 0.25) is 0 Å². The average molecular weight is 715 g/mol. The lowest BCUT2D eigenvalue weighted by Crippen LogP contribution is -2.15. The maximum absolute atomic E-state index is 6.29. The van der Waals surface area contributed by atoms with Gasteiger partial charge in [0, 0.05) is 63.1 Å². The number of nitrogens with zero attached hydrogens (tertiary/aromatic N) is 2. The summed E-state index contributed by atoms with van der Waals surface area (Å²) in [6, 6.07) is 65.5. The second-order valence-electron chi connectivity index (χ2n) is 13.4. The fraction of sp³-hybridized carbons (Fsp3) is 0. The molecule has 11 rings (SSSR count). The lowest BCUT2D eigenvalue weighted by Gasteiger charge is -2.33. The smallest absolute Gasteiger partial charge is 0.151 e. The zero-order valence-electron chi connectivity index (χ0n) is 28.4. The van der Waals surface area contributed by atoms with Crippen molar-refractivity contribution in [2.24, 2.45) is 0 Å². The van der Waals surface area contributed by atoms with Crippen LogP contribution < -0.4 is 14.5 Å². The van der Waals surface area contributed by atoms with Gasteiger partial charge in [0.1, 0.15) is 0 Å². The average Bonchev–Trinajstić information content (AvgIpc) is 3.78. The summed E-state index contributed by atoms with van der Waals surface area (Å²) in [5, 5.41) is 5.23. The molecule has 53 heavy (non-hydrogen) atoms. The molecule has 0 amide bonds. The molecule has 8 aromatic carbocycles. The minimum absolute atomic E-state index is 0.851. The van der Waals surface area contributed by atoms with E-state index in [1.54, 1.807) is 0 Å². The van der Waals surface area contributed by atoms with Crippen LogP contribution in [-0.4, -0.2) is 0 Å². The Bertz CT molecular complexity index is 2850. The van der Waals surface area contributed by atoms with Gasteiger partial charge >= 0.3 is 0 Å². The molecule has 1 aliphatic heterocycles. The minimum atomic E-state index is 0.851. The van der Waals surface area contributed by atoms with Gasteiger partial charge in [-0.05, 0) is 96.1 Å². The van der Waals surface area contributed by atoms with Crippen LogP contribution in [0.2, 0.25) is 0 Å². The molecule has 0 aliphatic carbocycles. The molecule has 5 heteroatoms. The molecule has 250 valence electrons. The Morgan fingerprint density at radius 1 is 0.377 bits per heavy atom. The first kappa shape index (κ1) is 30.2. The summed E-state index contributed by atoms with van der Waals surface area (Å²) in [7, 11) is 0. The van der Waals surface area contributed by atoms with Gasteiger partial charge in [0.25, 0.3) is 0 Å². The van der Waals surface area contributed by atoms with Crippen molar-refractivity contribution in [3.8, 4) is 22.6 Å². The zero-order chi connectivity index (χ0) is 34.9. The van der Waals surface area contributed by atoms with Crippen LogP contribution in [-0.2, 0) is 0 Å². The Morgan fingerprint density at radius 3 is 1.49 bits per heavy atom. The molecule has 0 fully saturated rings. The van der Waals surface area contributed by atoms with Gasteiger partial charge in [0.15, 0.2) is 11.5 Å². The van der Waals surface area contributed by atoms with E-state index in [2.05, 4.69) is 168 Å². The van der Waals surface area contributed by atoms with Crippen molar-refractivity contribution in [3.05, 3.63) is 182 Å². The lowest BCUT2D eigenvalue weighted by molar-refractivity contribution is 0.477. The number of benzene rings is 8. The van der Waals surface area contributed by atoms with E-state index >= 15 is 0 Å². The molecule has 0 atom stereocenters. The standard InChI is InChI=1S/C48H30N2OS2/c1-7-18-45-37(12-1)39-26-24-35(29-47(39)52-45)49(36-25-27-40-38-13-2-8-19-46(38)53-48(40)30-36)33-22-20-31(21-23-33)32-10-9-11-34(28-32)50-41-14-3-5-16-43(41)51-44-17-6-4-15-42(44)50/h1-30H. The van der Waals surface area contributed by atoms with Crippen LogP contribution in [0.5, 0.6) is 11.5 Å². The first-order valence-electron chi connectivity index (χ1n) is 17.7. The number of anilines is 6. The largest absolute Gasteiger partial charge is 0.453 e. The van der Waals surface area contributed by atoms with Gasteiger partial charge in [-0.25, -0.2) is 0 Å². The number of hydrogen-bond acceptors (Lipinski definition) is 5. The van der Waals surface area contributed by atoms with Crippen LogP contribution in [0.25, 0.3) is 51.5 Å². The van der Waals surface area contributed by atoms with E-state index in [0.717, 1.165) is 56.8 Å². The Hall–Kier alpha value is -6.40. The Morgan fingerprint density at radius 2 is 0.887 bits per heavy atom. The predicted molar refractivity (Wildman–Crippen MR) is 227 cm³/mol. The summed E-state index contributed by atoms with van der Waals surface area (Å²) in [5.74, 6) is 1.70. The highest BCUT2D eigenvalue weighted by molar-refractivity contribution is 7.26. The van der Waals surface area contributed by atoms with Gasteiger partial charge in [0.05, 0.1) is 11.4 Å². The molecule has 10 aromatic rings. The van der Waals surface area contributed by atoms with Crippen LogP contribution in [0.3, 0.4) is 0 Å². The first-order chi connectivity index (χ1) is 26.2. The number of ether oxygens (including phenoxy) is 1. The van der Waals surface area contributed by atoms with Crippen LogP contribution in [0.1, 0.15) is 0 Å². The monoisotopic (exact) mass is 714 g/mol. The van der Waals surface area contributed by atoms with Crippen molar-refractivity contribution in [3.63, 3.8) is 0 Å². The third-order valence-corrected chi connectivity index (χ3v) is 12.5. The molecule has 0 unspecified atom stereocenters. The van der Waals surface area contributed by atoms with Gasteiger partial charge in [-0.15, -0.1) is 22.7 Å². The summed E-state index contributed by atoms with van der Waals surface area (Å²) in [4.78, 5) is 4.69. The van der Waals surface area contributed by atoms with Gasteiger partial charge in [-0.1, -0.05) is 97.1 Å². The molecule has 3 nitrogen and oxygen atoms in total. The Labute approximate surface area is 314 Å². The third-order valence-electron chi connectivity index (χ3n) is 10.2. The molecule has 3 heterocycles. The predicted octanol–water partition coefficient (Wildman–Crippen LogP) is 15.1. The highest BCUT2D eigenvalue weighted by atomic mass is 32.1. The third kappa shape index (κ3) is 5.01. The van der Waals surface area contributed by atoms with Crippen LogP contribution in [0.15, 0.2) is 182 Å². The van der Waals surface area contributed by atoms with Crippen LogP contribution in [0, 0.1) is 0 Å². The van der Waals surface area contributed by atoms with E-state index in [0.29, 0.717) is 0 Å². The van der Waals surface area contributed by atoms with E-state index in [9.17, 15) is 0 Å². The zero-order valence-corrected chi connectivity index (χ0v) is 30.1. The summed E-state index contributed by atoms with van der Waals surface area (Å²) < 4.78 is 11.5. The van der Waals surface area contributed by atoms with Crippen molar-refractivity contribution >= 4 is 97.1 Å². The first-order valence-corrected chi connectivity index (χ1v) is 19.4. The number of rotatable bonds is 5. The molecule has 0 spiro atoms. The second kappa shape index (κ2) is 12.1. The van der Waals surface area contributed by atoms with Crippen LogP contribution in [0.4, 0.5) is 34.1 Å². The summed E-state index contributed by atoms with van der Waals surface area (Å²) in [5.41, 5.74) is 8.85. The minimum Gasteiger partial charge on any atom is -0.453 e. The molecular formula is C48H30N2OS2. The summed E-state index contributed by atoms with van der Waals surface area (Å²) >= 11 is 3.71. The molecule has 0 radical (unpaired) electrons. The van der Waals surface area contributed by atoms with Gasteiger partial charge < -0.3 is 14.5 Å². The van der Waals surface area contributed by atoms with E-state index in [4.69, 9.17) is 4.74 Å². The van der Waals surface area contributed by atoms with E-state index in [-0.39, 0.29) is 0 Å². The number of fused-ring (bicyclic) bond motifs is 8. The maximum Gasteiger partial charge on any atom is 0.151 e. The molecule has 0 saturated carbocycles. The second-order valence-corrected chi connectivity index (χ2v) is 15.5. The molecule has 2 aromatic heterocycles. The Balaban J connectivity index is 1.01. The van der Waals surface area contributed by atoms with Crippen molar-refractivity contribution < 1.29 is 4.74 Å². The van der Waals surface area contributed by atoms with E-state index in [1.807, 2.05) is 46.9 Å². The van der Waals surface area contributed by atoms with E-state index < -0.39 is 0 Å². The number of thiophene rings is 2. The highest BCUT2D eigenvalue weighted by Crippen LogP contribution is 2.51. The summed E-state index contributed by atoms with van der Waals surface area (Å²) in [6.45, 7) is 0.